The zero-order valence-electron chi connectivity index (χ0n) is 45.5. The van der Waals surface area contributed by atoms with Crippen LogP contribution in [0.5, 0.6) is 23.0 Å². The van der Waals surface area contributed by atoms with Crippen LogP contribution in [0.2, 0.25) is 0 Å². The molecule has 0 radical (unpaired) electrons. The van der Waals surface area contributed by atoms with Crippen molar-refractivity contribution in [1.29, 1.82) is 0 Å². The van der Waals surface area contributed by atoms with Crippen molar-refractivity contribution in [3.8, 4) is 23.0 Å². The van der Waals surface area contributed by atoms with Gasteiger partial charge in [-0.1, -0.05) is 55.9 Å². The maximum absolute atomic E-state index is 13.7. The molecule has 1 heterocycles. The van der Waals surface area contributed by atoms with E-state index in [4.69, 9.17) is 33.2 Å². The molecule has 4 aliphatic rings. The van der Waals surface area contributed by atoms with Gasteiger partial charge in [-0.25, -0.2) is 9.78 Å². The summed E-state index contributed by atoms with van der Waals surface area (Å²) in [7, 11) is 0. The predicted octanol–water partition coefficient (Wildman–Crippen LogP) is 12.9. The number of hydrogen-bond donors (Lipinski definition) is 1. The lowest BCUT2D eigenvalue weighted by Gasteiger charge is -2.26. The number of carbonyl (C=O) groups excluding carboxylic acids is 6. The van der Waals surface area contributed by atoms with E-state index < -0.39 is 29.7 Å². The number of carbonyl (C=O) groups is 6. The number of fused-ring (bicyclic) bond motifs is 1. The average Bonchev–Trinajstić information content (AvgIpc) is 4.15. The molecule has 0 spiro atoms. The van der Waals surface area contributed by atoms with E-state index in [1.165, 1.54) is 23.6 Å². The van der Waals surface area contributed by atoms with E-state index in [0.29, 0.717) is 118 Å². The van der Waals surface area contributed by atoms with Crippen molar-refractivity contribution in [2.75, 3.05) is 25.2 Å². The topological polar surface area (TPSA) is 204 Å². The smallest absolute Gasteiger partial charge is 0.330 e. The van der Waals surface area contributed by atoms with E-state index in [2.05, 4.69) is 28.7 Å². The second kappa shape index (κ2) is 30.3. The summed E-state index contributed by atoms with van der Waals surface area (Å²) < 4.78 is 41.2. The molecule has 0 aliphatic heterocycles. The molecule has 17 heteroatoms. The third-order valence-electron chi connectivity index (χ3n) is 15.2. The fraction of sp³-hybridized carbons (Fsp3) is 0.460. The number of aromatic nitrogens is 1. The summed E-state index contributed by atoms with van der Waals surface area (Å²) in [5, 5.41) is 4.98. The maximum atomic E-state index is 13.7. The van der Waals surface area contributed by atoms with E-state index >= 15 is 0 Å². The van der Waals surface area contributed by atoms with Gasteiger partial charge in [0.2, 0.25) is 5.13 Å². The third kappa shape index (κ3) is 18.1. The van der Waals surface area contributed by atoms with Gasteiger partial charge in [0.05, 0.1) is 65.7 Å². The van der Waals surface area contributed by atoms with Crippen LogP contribution in [0, 0.1) is 35.5 Å². The number of thiazole rings is 1. The van der Waals surface area contributed by atoms with Crippen LogP contribution in [0.1, 0.15) is 134 Å². The number of ketones is 1. The van der Waals surface area contributed by atoms with Crippen molar-refractivity contribution in [2.45, 2.75) is 128 Å². The van der Waals surface area contributed by atoms with Crippen LogP contribution in [-0.2, 0) is 43.0 Å². The van der Waals surface area contributed by atoms with Crippen molar-refractivity contribution < 1.29 is 61.9 Å². The van der Waals surface area contributed by atoms with Gasteiger partial charge in [0.25, 0.3) is 0 Å². The molecule has 2 unspecified atom stereocenters. The number of rotatable bonds is 30. The Morgan fingerprint density at radius 3 is 1.80 bits per heavy atom. The number of para-hydroxylation sites is 1. The molecule has 0 amide bonds. The molecule has 4 aliphatic carbocycles. The highest BCUT2D eigenvalue weighted by Gasteiger charge is 2.40. The fourth-order valence-electron chi connectivity index (χ4n) is 10.3. The number of hydrazone groups is 1. The first-order chi connectivity index (χ1) is 39.0. The summed E-state index contributed by atoms with van der Waals surface area (Å²) >= 11 is 1.44. The van der Waals surface area contributed by atoms with Gasteiger partial charge < -0.3 is 33.2 Å². The van der Waals surface area contributed by atoms with Crippen molar-refractivity contribution in [3.63, 3.8) is 0 Å². The largest absolute Gasteiger partial charge is 0.498 e. The summed E-state index contributed by atoms with van der Waals surface area (Å²) in [5.74, 6) is 0.480. The first-order valence-corrected chi connectivity index (χ1v) is 29.2. The summed E-state index contributed by atoms with van der Waals surface area (Å²) in [6, 6.07) is 19.4. The molecular weight excluding hydrogens is 1040 g/mol. The van der Waals surface area contributed by atoms with Gasteiger partial charge in [0, 0.05) is 30.4 Å². The standard InChI is InChI=1S/C63H73N3O13S/c1-3-55(67)53-40-46(53)15-9-5-6-12-36-73-48-26-30-51(31-27-48)77-60(70)43-22-24-45(25-23-43)62(72)79-56-35-34-52(39-47(56)41-64-66-63-65-54-16-10-11-17-57(54)80-63)78-61(71)44-20-18-42(19-21-44)59(69)76-50-32-28-49(29-33-50)74-37-13-7-8-14-38-75-58(68)4-2/h3-4,10-11,16-17,26,28-30,32-35,39,41-46,53H,1-2,5-9,12-15,18-25,27,31,36-38,40H2,(H,65,66)/b64-41+. The van der Waals surface area contributed by atoms with Crippen molar-refractivity contribution in [2.24, 2.45) is 40.6 Å². The molecule has 424 valence electrons. The Kier molecular flexibility index (Phi) is 22.2. The molecule has 0 bridgehead atoms. The monoisotopic (exact) mass is 1110 g/mol. The maximum Gasteiger partial charge on any atom is 0.330 e. The summed E-state index contributed by atoms with van der Waals surface area (Å²) in [6.07, 6.45) is 22.6. The molecule has 4 aromatic rings. The van der Waals surface area contributed by atoms with Crippen LogP contribution in [0.3, 0.4) is 0 Å². The lowest BCUT2D eigenvalue weighted by atomic mass is 9.82. The molecule has 2 atom stereocenters. The van der Waals surface area contributed by atoms with Gasteiger partial charge in [-0.2, -0.15) is 5.10 Å². The van der Waals surface area contributed by atoms with Gasteiger partial charge in [-0.05, 0) is 175 Å². The van der Waals surface area contributed by atoms with Gasteiger partial charge in [-0.15, -0.1) is 0 Å². The van der Waals surface area contributed by atoms with Crippen LogP contribution in [0.25, 0.3) is 10.2 Å². The lowest BCUT2D eigenvalue weighted by Crippen LogP contribution is -2.30. The number of esters is 5. The Labute approximate surface area is 472 Å². The van der Waals surface area contributed by atoms with Crippen LogP contribution >= 0.6 is 11.3 Å². The number of ether oxygens (including phenoxy) is 7. The van der Waals surface area contributed by atoms with E-state index in [0.717, 1.165) is 86.3 Å². The van der Waals surface area contributed by atoms with E-state index in [1.54, 1.807) is 42.5 Å². The number of nitrogens with zero attached hydrogens (tertiary/aromatic N) is 2. The Bertz CT molecular complexity index is 2860. The first kappa shape index (κ1) is 58.7. The normalized spacial score (nSPS) is 20.6. The second-order valence-electron chi connectivity index (χ2n) is 21.0. The number of unbranched alkanes of at least 4 members (excludes halogenated alkanes) is 6. The minimum atomic E-state index is -0.438. The van der Waals surface area contributed by atoms with E-state index in [1.807, 2.05) is 36.4 Å². The SMILES string of the molecule is C=CC(=O)OCCCCCCOc1ccc(OC(=O)C2CCC(C(=O)Oc3ccc(OC(=O)C4CCC(C(=O)OC5=CC=C(OCCCCCCC6CC6C(=O)C=C)CC5)CC4)c(/C=N/Nc4nc5ccccc5s4)c3)CC2)cc1. The number of anilines is 1. The fourth-order valence-corrected chi connectivity index (χ4v) is 11.1. The number of hydrogen-bond acceptors (Lipinski definition) is 17. The number of benzene rings is 3. The Morgan fingerprint density at radius 2 is 1.16 bits per heavy atom. The average molecular weight is 1110 g/mol. The zero-order valence-corrected chi connectivity index (χ0v) is 46.3. The third-order valence-corrected chi connectivity index (χ3v) is 16.1. The molecule has 80 heavy (non-hydrogen) atoms. The summed E-state index contributed by atoms with van der Waals surface area (Å²) in [4.78, 5) is 81.1. The van der Waals surface area contributed by atoms with Gasteiger partial charge in [0.1, 0.15) is 28.8 Å². The van der Waals surface area contributed by atoms with Crippen LogP contribution in [-0.4, -0.2) is 66.6 Å². The molecule has 0 saturated heterocycles. The minimum absolute atomic E-state index is 0.185. The lowest BCUT2D eigenvalue weighted by molar-refractivity contribution is -0.148. The van der Waals surface area contributed by atoms with Crippen molar-refractivity contribution in [3.05, 3.63) is 121 Å². The quantitative estimate of drug-likeness (QED) is 0.0129. The van der Waals surface area contributed by atoms with Gasteiger partial charge >= 0.3 is 29.8 Å². The van der Waals surface area contributed by atoms with Crippen molar-refractivity contribution in [1.82, 2.24) is 4.98 Å². The first-order valence-electron chi connectivity index (χ1n) is 28.4. The summed E-state index contributed by atoms with van der Waals surface area (Å²) in [6.45, 7) is 8.53. The molecule has 3 fully saturated rings. The minimum Gasteiger partial charge on any atom is -0.498 e. The van der Waals surface area contributed by atoms with E-state index in [9.17, 15) is 28.8 Å². The molecule has 8 rings (SSSR count). The van der Waals surface area contributed by atoms with Gasteiger partial charge in [0.15, 0.2) is 5.78 Å². The van der Waals surface area contributed by atoms with Crippen LogP contribution in [0.15, 0.2) is 121 Å². The zero-order chi connectivity index (χ0) is 56.1. The highest BCUT2D eigenvalue weighted by atomic mass is 32.1. The number of nitrogens with one attached hydrogen (secondary N) is 1. The molecule has 3 aromatic carbocycles. The summed E-state index contributed by atoms with van der Waals surface area (Å²) in [5.41, 5.74) is 4.18. The molecular formula is C63H73N3O13S. The molecule has 1 aromatic heterocycles. The molecule has 1 N–H and O–H groups in total. The Hall–Kier alpha value is -7.40. The highest BCUT2D eigenvalue weighted by Crippen LogP contribution is 2.43. The molecule has 16 nitrogen and oxygen atoms in total. The number of allylic oxidation sites excluding steroid dienone is 5. The Morgan fingerprint density at radius 1 is 0.600 bits per heavy atom. The van der Waals surface area contributed by atoms with Crippen molar-refractivity contribution >= 4 is 68.5 Å². The predicted molar refractivity (Wildman–Crippen MR) is 304 cm³/mol. The highest BCUT2D eigenvalue weighted by molar-refractivity contribution is 7.22. The molecule has 3 saturated carbocycles. The van der Waals surface area contributed by atoms with E-state index in [-0.39, 0.29) is 47.0 Å². The second-order valence-corrected chi connectivity index (χ2v) is 22.0. The Balaban J connectivity index is 0.764. The van der Waals surface area contributed by atoms with Gasteiger partial charge in [-0.3, -0.25) is 29.4 Å². The van der Waals surface area contributed by atoms with Crippen LogP contribution < -0.4 is 24.4 Å². The van der Waals surface area contributed by atoms with Crippen LogP contribution in [0.4, 0.5) is 5.13 Å².